The fourth-order valence-electron chi connectivity index (χ4n) is 1.33. The number of aldehydes is 1. The summed E-state index contributed by atoms with van der Waals surface area (Å²) in [5.41, 5.74) is 2.64. The summed E-state index contributed by atoms with van der Waals surface area (Å²) in [7, 11) is 0. The Morgan fingerprint density at radius 1 is 1.20 bits per heavy atom. The summed E-state index contributed by atoms with van der Waals surface area (Å²) in [6, 6.07) is 10.4. The minimum atomic E-state index is 0.793. The molecule has 0 saturated carbocycles. The van der Waals surface area contributed by atoms with Gasteiger partial charge in [0.25, 0.3) is 0 Å². The van der Waals surface area contributed by atoms with Crippen LogP contribution in [-0.4, -0.2) is 6.29 Å². The molecule has 0 spiro atoms. The first-order valence-electron chi connectivity index (χ1n) is 5.14. The Balaban J connectivity index is 2.40. The maximum Gasteiger partial charge on any atom is 0.142 e. The van der Waals surface area contributed by atoms with Crippen molar-refractivity contribution in [3.05, 3.63) is 59.7 Å². The number of carbonyl (C=O) groups excluding carboxylic acids is 1. The molecule has 0 radical (unpaired) electrons. The van der Waals surface area contributed by atoms with Gasteiger partial charge in [0.2, 0.25) is 0 Å². The molecule has 78 valence electrons. The van der Waals surface area contributed by atoms with Crippen LogP contribution in [0.3, 0.4) is 0 Å². The number of hydrogen-bond acceptors (Lipinski definition) is 1. The van der Waals surface area contributed by atoms with Crippen molar-refractivity contribution in [2.45, 2.75) is 19.8 Å². The molecule has 0 aliphatic carbocycles. The van der Waals surface area contributed by atoms with Gasteiger partial charge in [0.1, 0.15) is 6.29 Å². The number of hydrogen-bond donors (Lipinski definition) is 0. The Morgan fingerprint density at radius 2 is 1.93 bits per heavy atom. The van der Waals surface area contributed by atoms with Crippen molar-refractivity contribution in [2.24, 2.45) is 0 Å². The molecule has 0 aliphatic rings. The van der Waals surface area contributed by atoms with Gasteiger partial charge in [0.15, 0.2) is 0 Å². The van der Waals surface area contributed by atoms with Gasteiger partial charge in [-0.2, -0.15) is 0 Å². The zero-order valence-electron chi connectivity index (χ0n) is 9.02. The van der Waals surface area contributed by atoms with Gasteiger partial charge in [-0.25, -0.2) is 0 Å². The van der Waals surface area contributed by atoms with Gasteiger partial charge < -0.3 is 0 Å². The molecule has 0 saturated heterocycles. The Labute approximate surface area is 91.1 Å². The lowest BCUT2D eigenvalue weighted by Crippen LogP contribution is -1.85. The van der Waals surface area contributed by atoms with Crippen LogP contribution in [0.4, 0.5) is 0 Å². The third-order valence-electron chi connectivity index (χ3n) is 2.22. The van der Waals surface area contributed by atoms with Crippen molar-refractivity contribution in [2.75, 3.05) is 0 Å². The summed E-state index contributed by atoms with van der Waals surface area (Å²) in [4.78, 5) is 10.0. The van der Waals surface area contributed by atoms with E-state index in [1.165, 1.54) is 17.2 Å². The van der Waals surface area contributed by atoms with E-state index in [0.29, 0.717) is 0 Å². The van der Waals surface area contributed by atoms with Crippen LogP contribution in [0.1, 0.15) is 18.9 Å². The van der Waals surface area contributed by atoms with Gasteiger partial charge in [0.05, 0.1) is 0 Å². The van der Waals surface area contributed by atoms with Crippen LogP contribution in [-0.2, 0) is 11.2 Å². The van der Waals surface area contributed by atoms with Crippen LogP contribution in [0.5, 0.6) is 0 Å². The maximum absolute atomic E-state index is 10.0. The number of rotatable bonds is 5. The van der Waals surface area contributed by atoms with E-state index in [1.807, 2.05) is 12.1 Å². The first-order valence-corrected chi connectivity index (χ1v) is 5.14. The SMILES string of the molecule is C/C(=C\C=C\C=O)CCc1ccccc1. The molecule has 0 amide bonds. The molecular weight excluding hydrogens is 184 g/mol. The summed E-state index contributed by atoms with van der Waals surface area (Å²) < 4.78 is 0. The number of aryl methyl sites for hydroxylation is 1. The second-order valence-corrected chi connectivity index (χ2v) is 3.52. The van der Waals surface area contributed by atoms with Crippen LogP contribution < -0.4 is 0 Å². The van der Waals surface area contributed by atoms with E-state index in [1.54, 1.807) is 6.08 Å². The third kappa shape index (κ3) is 4.96. The Kier molecular flexibility index (Phi) is 5.16. The molecule has 1 aromatic carbocycles. The van der Waals surface area contributed by atoms with E-state index in [4.69, 9.17) is 0 Å². The van der Waals surface area contributed by atoms with E-state index >= 15 is 0 Å². The van der Waals surface area contributed by atoms with Crippen LogP contribution in [0.15, 0.2) is 54.1 Å². The molecule has 0 bridgehead atoms. The van der Waals surface area contributed by atoms with Gasteiger partial charge >= 0.3 is 0 Å². The topological polar surface area (TPSA) is 17.1 Å². The number of benzene rings is 1. The lowest BCUT2D eigenvalue weighted by molar-refractivity contribution is -0.104. The highest BCUT2D eigenvalue weighted by molar-refractivity contribution is 5.65. The van der Waals surface area contributed by atoms with Crippen LogP contribution in [0.2, 0.25) is 0 Å². The van der Waals surface area contributed by atoms with Gasteiger partial charge in [-0.05, 0) is 31.4 Å². The predicted octanol–water partition coefficient (Wildman–Crippen LogP) is 3.32. The Hall–Kier alpha value is -1.63. The van der Waals surface area contributed by atoms with E-state index in [9.17, 15) is 4.79 Å². The fraction of sp³-hybridized carbons (Fsp3) is 0.214. The van der Waals surface area contributed by atoms with Gasteiger partial charge in [-0.15, -0.1) is 0 Å². The van der Waals surface area contributed by atoms with Crippen LogP contribution in [0, 0.1) is 0 Å². The van der Waals surface area contributed by atoms with E-state index in [-0.39, 0.29) is 0 Å². The molecule has 0 N–H and O–H groups in total. The Bertz CT molecular complexity index is 347. The van der Waals surface area contributed by atoms with Crippen molar-refractivity contribution in [3.63, 3.8) is 0 Å². The lowest BCUT2D eigenvalue weighted by atomic mass is 10.1. The molecule has 0 fully saturated rings. The van der Waals surface area contributed by atoms with E-state index in [2.05, 4.69) is 31.2 Å². The molecule has 1 heteroatoms. The smallest absolute Gasteiger partial charge is 0.142 e. The van der Waals surface area contributed by atoms with Crippen molar-refractivity contribution in [1.82, 2.24) is 0 Å². The standard InChI is InChI=1S/C14H16O/c1-13(7-5-6-12-15)10-11-14-8-3-2-4-9-14/h2-9,12H,10-11H2,1H3/b6-5+,13-7+. The molecule has 0 aromatic heterocycles. The number of carbonyl (C=O) groups is 1. The summed E-state index contributed by atoms with van der Waals surface area (Å²) in [5, 5.41) is 0. The molecule has 0 atom stereocenters. The fourth-order valence-corrected chi connectivity index (χ4v) is 1.33. The highest BCUT2D eigenvalue weighted by Gasteiger charge is 1.92. The zero-order chi connectivity index (χ0) is 10.9. The molecular formula is C14H16O. The van der Waals surface area contributed by atoms with Crippen molar-refractivity contribution in [1.29, 1.82) is 0 Å². The van der Waals surface area contributed by atoms with Crippen molar-refractivity contribution < 1.29 is 4.79 Å². The molecule has 0 aliphatic heterocycles. The average Bonchev–Trinajstić information content (AvgIpc) is 2.28. The quantitative estimate of drug-likeness (QED) is 0.405. The van der Waals surface area contributed by atoms with Crippen LogP contribution in [0.25, 0.3) is 0 Å². The minimum Gasteiger partial charge on any atom is -0.299 e. The zero-order valence-corrected chi connectivity index (χ0v) is 9.02. The maximum atomic E-state index is 10.0. The second-order valence-electron chi connectivity index (χ2n) is 3.52. The first-order chi connectivity index (χ1) is 7.33. The number of allylic oxidation sites excluding steroid dienone is 4. The average molecular weight is 200 g/mol. The highest BCUT2D eigenvalue weighted by Crippen LogP contribution is 2.08. The molecule has 15 heavy (non-hydrogen) atoms. The molecule has 0 unspecified atom stereocenters. The summed E-state index contributed by atoms with van der Waals surface area (Å²) in [6.07, 6.45) is 8.16. The minimum absolute atomic E-state index is 0.793. The molecule has 0 heterocycles. The molecule has 1 nitrogen and oxygen atoms in total. The van der Waals surface area contributed by atoms with Crippen molar-refractivity contribution >= 4 is 6.29 Å². The summed E-state index contributed by atoms with van der Waals surface area (Å²) in [6.45, 7) is 2.08. The van der Waals surface area contributed by atoms with E-state index in [0.717, 1.165) is 19.1 Å². The normalized spacial score (nSPS) is 11.9. The van der Waals surface area contributed by atoms with Gasteiger partial charge in [0, 0.05) is 0 Å². The molecule has 1 rings (SSSR count). The Morgan fingerprint density at radius 3 is 2.60 bits per heavy atom. The molecule has 1 aromatic rings. The second kappa shape index (κ2) is 6.77. The van der Waals surface area contributed by atoms with E-state index < -0.39 is 0 Å². The van der Waals surface area contributed by atoms with Gasteiger partial charge in [-0.1, -0.05) is 48.1 Å². The van der Waals surface area contributed by atoms with Crippen LogP contribution >= 0.6 is 0 Å². The van der Waals surface area contributed by atoms with Crippen molar-refractivity contribution in [3.8, 4) is 0 Å². The lowest BCUT2D eigenvalue weighted by Gasteiger charge is -2.00. The first kappa shape index (κ1) is 11.4. The summed E-state index contributed by atoms with van der Waals surface area (Å²) >= 11 is 0. The predicted molar refractivity (Wildman–Crippen MR) is 63.7 cm³/mol. The largest absolute Gasteiger partial charge is 0.299 e. The third-order valence-corrected chi connectivity index (χ3v) is 2.22. The highest BCUT2D eigenvalue weighted by atomic mass is 16.1. The summed E-state index contributed by atoms with van der Waals surface area (Å²) in [5.74, 6) is 0. The van der Waals surface area contributed by atoms with Gasteiger partial charge in [-0.3, -0.25) is 4.79 Å². The monoisotopic (exact) mass is 200 g/mol.